The highest BCUT2D eigenvalue weighted by Gasteiger charge is 2.34. The Morgan fingerprint density at radius 2 is 2.00 bits per heavy atom. The fraction of sp³-hybridized carbons (Fsp3) is 0.273. The maximum Gasteiger partial charge on any atom is 0.433 e. The quantitative estimate of drug-likeness (QED) is 0.472. The molecular weight excluding hydrogens is 423 g/mol. The maximum atomic E-state index is 13.2. The van der Waals surface area contributed by atoms with Gasteiger partial charge in [-0.1, -0.05) is 18.2 Å². The van der Waals surface area contributed by atoms with E-state index in [1.54, 1.807) is 6.92 Å². The van der Waals surface area contributed by atoms with Crippen LogP contribution in [0.15, 0.2) is 36.5 Å². The number of nitrogens with zero attached hydrogens (tertiary/aromatic N) is 4. The van der Waals surface area contributed by atoms with Crippen molar-refractivity contribution in [2.45, 2.75) is 32.7 Å². The van der Waals surface area contributed by atoms with E-state index < -0.39 is 23.9 Å². The van der Waals surface area contributed by atoms with Crippen LogP contribution in [0.2, 0.25) is 0 Å². The molecule has 3 aromatic heterocycles. The fourth-order valence-electron chi connectivity index (χ4n) is 4.15. The summed E-state index contributed by atoms with van der Waals surface area (Å²) in [4.78, 5) is 21.3. The Hall–Kier alpha value is -3.53. The first-order valence-electron chi connectivity index (χ1n) is 9.93. The molecule has 1 N–H and O–H groups in total. The van der Waals surface area contributed by atoms with Crippen molar-refractivity contribution in [2.75, 3.05) is 6.61 Å². The molecule has 0 unspecified atom stereocenters. The number of halogens is 3. The SMILES string of the molecule is Cc1nn(C(=O)N[C@@H]2COCc3cc(C(F)(F)F)ncc32)c2c(C)nc3ccccc3c12. The summed E-state index contributed by atoms with van der Waals surface area (Å²) in [5, 5.41) is 8.97. The minimum absolute atomic E-state index is 0.0200. The molecule has 1 aliphatic heterocycles. The standard InChI is InChI=1S/C22H18F3N5O2/c1-11-19-14-5-3-4-6-16(14)27-12(2)20(19)30(29-11)21(31)28-17-10-32-9-13-7-18(22(23,24)25)26-8-15(13)17/h3-8,17H,9-10H2,1-2H3,(H,28,31)/t17-/m1/s1. The number of carbonyl (C=O) groups is 1. The van der Waals surface area contributed by atoms with Gasteiger partial charge in [0, 0.05) is 22.5 Å². The number of benzene rings is 1. The molecule has 1 amide bonds. The summed E-state index contributed by atoms with van der Waals surface area (Å²) in [6.07, 6.45) is -3.40. The summed E-state index contributed by atoms with van der Waals surface area (Å²) in [6.45, 7) is 3.76. The second kappa shape index (κ2) is 7.27. The van der Waals surface area contributed by atoms with E-state index in [1.165, 1.54) is 4.68 Å². The minimum atomic E-state index is -4.55. The van der Waals surface area contributed by atoms with Crippen molar-refractivity contribution in [2.24, 2.45) is 0 Å². The van der Waals surface area contributed by atoms with E-state index in [4.69, 9.17) is 4.74 Å². The lowest BCUT2D eigenvalue weighted by Crippen LogP contribution is -2.37. The van der Waals surface area contributed by atoms with Crippen molar-refractivity contribution in [3.63, 3.8) is 0 Å². The van der Waals surface area contributed by atoms with Gasteiger partial charge in [0.05, 0.1) is 36.2 Å². The van der Waals surface area contributed by atoms with Crippen LogP contribution < -0.4 is 5.32 Å². The molecule has 0 saturated heterocycles. The van der Waals surface area contributed by atoms with Crippen LogP contribution in [0, 0.1) is 13.8 Å². The van der Waals surface area contributed by atoms with Crippen LogP contribution in [0.1, 0.15) is 34.3 Å². The van der Waals surface area contributed by atoms with Crippen molar-refractivity contribution in [1.82, 2.24) is 25.1 Å². The van der Waals surface area contributed by atoms with Gasteiger partial charge in [-0.3, -0.25) is 9.97 Å². The number of hydrogen-bond acceptors (Lipinski definition) is 5. The number of rotatable bonds is 1. The largest absolute Gasteiger partial charge is 0.433 e. The topological polar surface area (TPSA) is 81.9 Å². The molecule has 0 fully saturated rings. The molecule has 0 radical (unpaired) electrons. The third-order valence-corrected chi connectivity index (χ3v) is 5.59. The lowest BCUT2D eigenvalue weighted by atomic mass is 10.0. The molecule has 1 aromatic carbocycles. The highest BCUT2D eigenvalue weighted by atomic mass is 19.4. The Kier molecular flexibility index (Phi) is 4.63. The van der Waals surface area contributed by atoms with E-state index in [0.29, 0.717) is 28.0 Å². The molecule has 0 spiro atoms. The van der Waals surface area contributed by atoms with Crippen molar-refractivity contribution in [3.8, 4) is 0 Å². The van der Waals surface area contributed by atoms with Gasteiger partial charge < -0.3 is 10.1 Å². The normalized spacial score (nSPS) is 16.3. The molecule has 10 heteroatoms. The highest BCUT2D eigenvalue weighted by Crippen LogP contribution is 2.33. The zero-order valence-electron chi connectivity index (χ0n) is 17.2. The Labute approximate surface area is 180 Å². The lowest BCUT2D eigenvalue weighted by molar-refractivity contribution is -0.141. The van der Waals surface area contributed by atoms with Crippen LogP contribution >= 0.6 is 0 Å². The highest BCUT2D eigenvalue weighted by molar-refractivity contribution is 6.08. The number of aromatic nitrogens is 4. The lowest BCUT2D eigenvalue weighted by Gasteiger charge is -2.26. The van der Waals surface area contributed by atoms with Gasteiger partial charge in [0.2, 0.25) is 0 Å². The van der Waals surface area contributed by atoms with Crippen LogP contribution in [0.4, 0.5) is 18.0 Å². The molecule has 4 heterocycles. The molecule has 4 aromatic rings. The number of pyridine rings is 2. The molecule has 0 saturated carbocycles. The zero-order valence-corrected chi connectivity index (χ0v) is 17.2. The summed E-state index contributed by atoms with van der Waals surface area (Å²) >= 11 is 0. The van der Waals surface area contributed by atoms with Crippen molar-refractivity contribution < 1.29 is 22.7 Å². The van der Waals surface area contributed by atoms with Gasteiger partial charge in [0.1, 0.15) is 11.2 Å². The third-order valence-electron chi connectivity index (χ3n) is 5.59. The van der Waals surface area contributed by atoms with Gasteiger partial charge in [-0.15, -0.1) is 0 Å². The summed E-state index contributed by atoms with van der Waals surface area (Å²) in [5.41, 5.74) is 2.55. The van der Waals surface area contributed by atoms with Crippen LogP contribution in [-0.4, -0.2) is 32.4 Å². The summed E-state index contributed by atoms with van der Waals surface area (Å²) in [5.74, 6) is 0. The van der Waals surface area contributed by atoms with E-state index in [1.807, 2.05) is 31.2 Å². The molecule has 0 aliphatic carbocycles. The fourth-order valence-corrected chi connectivity index (χ4v) is 4.15. The molecule has 5 rings (SSSR count). The number of fused-ring (bicyclic) bond motifs is 4. The monoisotopic (exact) mass is 441 g/mol. The van der Waals surface area contributed by atoms with Gasteiger partial charge in [0.15, 0.2) is 0 Å². The Bertz CT molecular complexity index is 1380. The van der Waals surface area contributed by atoms with Gasteiger partial charge in [-0.05, 0) is 31.5 Å². The first-order valence-corrected chi connectivity index (χ1v) is 9.93. The second-order valence-corrected chi connectivity index (χ2v) is 7.72. The maximum absolute atomic E-state index is 13.2. The summed E-state index contributed by atoms with van der Waals surface area (Å²) < 4.78 is 45.7. The summed E-state index contributed by atoms with van der Waals surface area (Å²) in [6, 6.07) is 7.40. The minimum Gasteiger partial charge on any atom is -0.374 e. The van der Waals surface area contributed by atoms with Gasteiger partial charge in [0.25, 0.3) is 0 Å². The average Bonchev–Trinajstić information content (AvgIpc) is 3.11. The number of nitrogens with one attached hydrogen (secondary N) is 1. The molecule has 32 heavy (non-hydrogen) atoms. The number of para-hydroxylation sites is 1. The number of amides is 1. The van der Waals surface area contributed by atoms with Crippen molar-refractivity contribution >= 4 is 27.8 Å². The number of aryl methyl sites for hydroxylation is 2. The van der Waals surface area contributed by atoms with Crippen LogP contribution in [0.3, 0.4) is 0 Å². The van der Waals surface area contributed by atoms with Gasteiger partial charge in [-0.2, -0.15) is 23.0 Å². The van der Waals surface area contributed by atoms with E-state index in [2.05, 4.69) is 20.4 Å². The third kappa shape index (κ3) is 3.27. The van der Waals surface area contributed by atoms with Gasteiger partial charge >= 0.3 is 12.2 Å². The predicted octanol–water partition coefficient (Wildman–Crippen LogP) is 4.44. The molecule has 1 aliphatic rings. The van der Waals surface area contributed by atoms with Crippen molar-refractivity contribution in [3.05, 3.63) is 64.7 Å². The average molecular weight is 441 g/mol. The smallest absolute Gasteiger partial charge is 0.374 e. The summed E-state index contributed by atoms with van der Waals surface area (Å²) in [7, 11) is 0. The van der Waals surface area contributed by atoms with E-state index in [0.717, 1.165) is 28.6 Å². The molecular formula is C22H18F3N5O2. The van der Waals surface area contributed by atoms with Gasteiger partial charge in [-0.25, -0.2) is 4.79 Å². The first kappa shape index (κ1) is 20.4. The number of hydrogen-bond donors (Lipinski definition) is 1. The molecule has 1 atom stereocenters. The number of ether oxygens (including phenoxy) is 1. The predicted molar refractivity (Wildman–Crippen MR) is 110 cm³/mol. The van der Waals surface area contributed by atoms with Crippen molar-refractivity contribution in [1.29, 1.82) is 0 Å². The van der Waals surface area contributed by atoms with Crippen LogP contribution in [0.5, 0.6) is 0 Å². The Morgan fingerprint density at radius 3 is 2.78 bits per heavy atom. The second-order valence-electron chi connectivity index (χ2n) is 7.72. The Balaban J connectivity index is 1.53. The van der Waals surface area contributed by atoms with E-state index in [-0.39, 0.29) is 13.2 Å². The number of carbonyl (C=O) groups excluding carboxylic acids is 1. The molecule has 0 bridgehead atoms. The first-order chi connectivity index (χ1) is 15.2. The van der Waals surface area contributed by atoms with E-state index in [9.17, 15) is 18.0 Å². The van der Waals surface area contributed by atoms with Crippen LogP contribution in [0.25, 0.3) is 21.8 Å². The zero-order chi connectivity index (χ0) is 22.6. The van der Waals surface area contributed by atoms with Crippen LogP contribution in [-0.2, 0) is 17.5 Å². The van der Waals surface area contributed by atoms with E-state index >= 15 is 0 Å². The molecule has 164 valence electrons. The molecule has 7 nitrogen and oxygen atoms in total. The Morgan fingerprint density at radius 1 is 1.22 bits per heavy atom. The number of alkyl halides is 3.